The van der Waals surface area contributed by atoms with Crippen LogP contribution in [0, 0.1) is 5.92 Å². The van der Waals surface area contributed by atoms with Gasteiger partial charge in [0.05, 0.1) is 6.61 Å². The Balaban J connectivity index is 1.28. The van der Waals surface area contributed by atoms with E-state index in [0.29, 0.717) is 43.0 Å². The largest absolute Gasteiger partial charge is 0.450 e. The van der Waals surface area contributed by atoms with Gasteiger partial charge in [-0.05, 0) is 75.6 Å². The van der Waals surface area contributed by atoms with Crippen LogP contribution in [0.3, 0.4) is 0 Å². The topological polar surface area (TPSA) is 53.1 Å². The van der Waals surface area contributed by atoms with Gasteiger partial charge in [-0.1, -0.05) is 38.1 Å². The number of fused-ring (bicyclic) bond motifs is 4. The number of amides is 2. The van der Waals surface area contributed by atoms with Crippen molar-refractivity contribution in [1.82, 2.24) is 14.7 Å². The Kier molecular flexibility index (Phi) is 6.62. The average Bonchev–Trinajstić information content (AvgIpc) is 3.09. The minimum absolute atomic E-state index is 0.0720. The molecule has 0 saturated carbocycles. The number of likely N-dealkylation sites (tertiary alicyclic amines) is 1. The van der Waals surface area contributed by atoms with E-state index in [0.717, 1.165) is 64.7 Å². The van der Waals surface area contributed by atoms with Gasteiger partial charge in [0.25, 0.3) is 0 Å². The zero-order chi connectivity index (χ0) is 23.9. The quantitative estimate of drug-likeness (QED) is 0.651. The number of ether oxygens (including phenoxy) is 1. The van der Waals surface area contributed by atoms with Crippen molar-refractivity contribution in [3.8, 4) is 0 Å². The van der Waals surface area contributed by atoms with Crippen LogP contribution in [0.15, 0.2) is 24.3 Å². The van der Waals surface area contributed by atoms with E-state index in [1.165, 1.54) is 11.1 Å². The molecule has 3 fully saturated rings. The third kappa shape index (κ3) is 4.34. The monoisotopic (exact) mass is 467 g/mol. The van der Waals surface area contributed by atoms with Crippen LogP contribution in [0.5, 0.6) is 0 Å². The summed E-state index contributed by atoms with van der Waals surface area (Å²) in [5.74, 6) is 0.688. The van der Waals surface area contributed by atoms with Gasteiger partial charge in [0.2, 0.25) is 5.91 Å². The summed E-state index contributed by atoms with van der Waals surface area (Å²) in [6, 6.07) is 10.0. The van der Waals surface area contributed by atoms with Crippen LogP contribution in [0.1, 0.15) is 76.8 Å². The number of carbonyl (C=O) groups is 2. The first-order valence-corrected chi connectivity index (χ1v) is 13.5. The van der Waals surface area contributed by atoms with E-state index < -0.39 is 0 Å². The van der Waals surface area contributed by atoms with Crippen LogP contribution < -0.4 is 0 Å². The lowest BCUT2D eigenvalue weighted by molar-refractivity contribution is -0.134. The molecule has 2 atom stereocenters. The van der Waals surface area contributed by atoms with Crippen molar-refractivity contribution in [2.75, 3.05) is 26.2 Å². The minimum atomic E-state index is -0.115. The molecule has 6 heteroatoms. The maximum atomic E-state index is 13.0. The van der Waals surface area contributed by atoms with E-state index in [9.17, 15) is 9.59 Å². The zero-order valence-corrected chi connectivity index (χ0v) is 21.2. The molecule has 186 valence electrons. The van der Waals surface area contributed by atoms with Crippen molar-refractivity contribution in [3.05, 3.63) is 35.4 Å². The maximum absolute atomic E-state index is 13.0. The number of carbonyl (C=O) groups excluding carboxylic acids is 2. The van der Waals surface area contributed by atoms with Crippen LogP contribution in [-0.2, 0) is 21.5 Å². The number of hydrogen-bond acceptors (Lipinski definition) is 4. The van der Waals surface area contributed by atoms with E-state index >= 15 is 0 Å². The Morgan fingerprint density at radius 2 is 1.74 bits per heavy atom. The number of nitrogens with zero attached hydrogens (tertiary/aromatic N) is 3. The second kappa shape index (κ2) is 9.52. The Hall–Kier alpha value is -2.08. The summed E-state index contributed by atoms with van der Waals surface area (Å²) in [4.78, 5) is 32.4. The van der Waals surface area contributed by atoms with Crippen LogP contribution in [0.25, 0.3) is 0 Å². The highest BCUT2D eigenvalue weighted by atomic mass is 16.6. The molecule has 4 aliphatic rings. The van der Waals surface area contributed by atoms with Gasteiger partial charge in [-0.3, -0.25) is 4.79 Å². The molecule has 0 N–H and O–H groups in total. The van der Waals surface area contributed by atoms with E-state index in [1.807, 2.05) is 11.8 Å². The minimum Gasteiger partial charge on any atom is -0.450 e. The molecule has 6 nitrogen and oxygen atoms in total. The number of rotatable bonds is 4. The van der Waals surface area contributed by atoms with Crippen molar-refractivity contribution in [2.45, 2.75) is 95.8 Å². The number of benzene rings is 1. The van der Waals surface area contributed by atoms with Gasteiger partial charge in [0.1, 0.15) is 0 Å². The summed E-state index contributed by atoms with van der Waals surface area (Å²) >= 11 is 0. The maximum Gasteiger partial charge on any atom is 0.410 e. The lowest BCUT2D eigenvalue weighted by Gasteiger charge is -2.51. The smallest absolute Gasteiger partial charge is 0.410 e. The number of hydrogen-bond donors (Lipinski definition) is 0. The predicted octanol–water partition coefficient (Wildman–Crippen LogP) is 4.56. The molecule has 34 heavy (non-hydrogen) atoms. The highest BCUT2D eigenvalue weighted by Gasteiger charge is 2.48. The molecule has 4 heterocycles. The van der Waals surface area contributed by atoms with E-state index in [-0.39, 0.29) is 11.5 Å². The van der Waals surface area contributed by atoms with Gasteiger partial charge in [0, 0.05) is 43.1 Å². The Bertz CT molecular complexity index is 894. The molecule has 1 aromatic carbocycles. The van der Waals surface area contributed by atoms with Crippen molar-refractivity contribution in [1.29, 1.82) is 0 Å². The SMILES string of the molecule is CCOC(=O)N1C2CCC1CC(N1CCC3(CC1)CN(C(=O)CC(C)C)Cc1ccccc13)C2. The highest BCUT2D eigenvalue weighted by molar-refractivity contribution is 5.77. The fraction of sp³-hybridized carbons (Fsp3) is 0.714. The fourth-order valence-electron chi connectivity index (χ4n) is 7.23. The third-order valence-corrected chi connectivity index (χ3v) is 8.84. The van der Waals surface area contributed by atoms with Crippen LogP contribution in [0.4, 0.5) is 4.79 Å². The molecule has 2 amide bonds. The summed E-state index contributed by atoms with van der Waals surface area (Å²) in [6.07, 6.45) is 7.07. The van der Waals surface area contributed by atoms with Crippen molar-refractivity contribution in [3.63, 3.8) is 0 Å². The lowest BCUT2D eigenvalue weighted by atomic mass is 9.68. The van der Waals surface area contributed by atoms with Crippen molar-refractivity contribution in [2.24, 2.45) is 5.92 Å². The molecule has 3 saturated heterocycles. The van der Waals surface area contributed by atoms with Gasteiger partial charge in [-0.25, -0.2) is 4.79 Å². The van der Waals surface area contributed by atoms with E-state index in [1.54, 1.807) is 0 Å². The van der Waals surface area contributed by atoms with Crippen molar-refractivity contribution < 1.29 is 14.3 Å². The zero-order valence-electron chi connectivity index (χ0n) is 21.2. The van der Waals surface area contributed by atoms with Gasteiger partial charge in [-0.15, -0.1) is 0 Å². The second-order valence-corrected chi connectivity index (χ2v) is 11.4. The van der Waals surface area contributed by atoms with E-state index in [2.05, 4.69) is 47.9 Å². The summed E-state index contributed by atoms with van der Waals surface area (Å²) in [6.45, 7) is 10.4. The molecule has 0 aliphatic carbocycles. The first kappa shape index (κ1) is 23.7. The molecule has 1 aromatic rings. The molecular weight excluding hydrogens is 426 g/mol. The lowest BCUT2D eigenvalue weighted by Crippen LogP contribution is -2.57. The molecule has 4 aliphatic heterocycles. The molecule has 5 rings (SSSR count). The summed E-state index contributed by atoms with van der Waals surface area (Å²) in [5, 5.41) is 0. The molecular formula is C28H41N3O3. The molecule has 0 aromatic heterocycles. The second-order valence-electron chi connectivity index (χ2n) is 11.4. The first-order chi connectivity index (χ1) is 16.4. The van der Waals surface area contributed by atoms with Gasteiger partial charge < -0.3 is 19.4 Å². The van der Waals surface area contributed by atoms with Crippen LogP contribution in [-0.4, -0.2) is 71.1 Å². The predicted molar refractivity (Wildman–Crippen MR) is 132 cm³/mol. The van der Waals surface area contributed by atoms with Crippen LogP contribution >= 0.6 is 0 Å². The average molecular weight is 468 g/mol. The third-order valence-electron chi connectivity index (χ3n) is 8.84. The fourth-order valence-corrected chi connectivity index (χ4v) is 7.23. The molecule has 2 bridgehead atoms. The summed E-state index contributed by atoms with van der Waals surface area (Å²) in [5.41, 5.74) is 2.88. The number of piperidine rings is 2. The molecule has 2 unspecified atom stereocenters. The van der Waals surface area contributed by atoms with Gasteiger partial charge >= 0.3 is 6.09 Å². The Labute approximate surface area is 204 Å². The summed E-state index contributed by atoms with van der Waals surface area (Å²) in [7, 11) is 0. The van der Waals surface area contributed by atoms with Gasteiger partial charge in [0.15, 0.2) is 0 Å². The molecule has 0 radical (unpaired) electrons. The standard InChI is InChI=1S/C28H41N3O3/c1-4-34-27(33)31-22-9-10-23(31)17-24(16-22)29-13-11-28(12-14-29)19-30(26(32)15-20(2)3)18-21-7-5-6-8-25(21)28/h5-8,20,22-24H,4,9-19H2,1-3H3. The normalized spacial score (nSPS) is 28.3. The Morgan fingerprint density at radius 1 is 1.06 bits per heavy atom. The molecule has 1 spiro atoms. The van der Waals surface area contributed by atoms with Gasteiger partial charge in [-0.2, -0.15) is 0 Å². The van der Waals surface area contributed by atoms with Crippen molar-refractivity contribution >= 4 is 12.0 Å². The Morgan fingerprint density at radius 3 is 2.38 bits per heavy atom. The highest BCUT2D eigenvalue weighted by Crippen LogP contribution is 2.44. The van der Waals surface area contributed by atoms with E-state index in [4.69, 9.17) is 4.74 Å². The first-order valence-electron chi connectivity index (χ1n) is 13.5. The summed E-state index contributed by atoms with van der Waals surface area (Å²) < 4.78 is 5.35. The van der Waals surface area contributed by atoms with Crippen LogP contribution in [0.2, 0.25) is 0 Å².